The minimum Gasteiger partial charge on any atom is -0.452 e. The largest absolute Gasteiger partial charge is 0.452 e. The van der Waals surface area contributed by atoms with Gasteiger partial charge in [-0.2, -0.15) is 8.78 Å². The average molecular weight is 364 g/mol. The highest BCUT2D eigenvalue weighted by Crippen LogP contribution is 2.18. The number of rotatable bonds is 7. The Labute approximate surface area is 149 Å². The molecule has 2 rings (SSSR count). The van der Waals surface area contributed by atoms with E-state index < -0.39 is 25.1 Å². The van der Waals surface area contributed by atoms with Crippen molar-refractivity contribution in [2.45, 2.75) is 6.61 Å². The fourth-order valence-electron chi connectivity index (χ4n) is 2.04. The zero-order valence-electron chi connectivity index (χ0n) is 14.2. The molecule has 0 radical (unpaired) electrons. The number of hydrogen-bond acceptors (Lipinski definition) is 5. The topological polar surface area (TPSA) is 67.9 Å². The predicted molar refractivity (Wildman–Crippen MR) is 92.8 cm³/mol. The number of alkyl halides is 2. The molecule has 0 bridgehead atoms. The SMILES string of the molecule is CN(C)c1cccc(C(=O)OCC(=O)Nc2ccc(OC(F)F)cc2)c1. The van der Waals surface area contributed by atoms with Crippen molar-refractivity contribution in [3.8, 4) is 5.75 Å². The maximum absolute atomic E-state index is 12.1. The number of carbonyl (C=O) groups is 2. The quantitative estimate of drug-likeness (QED) is 0.765. The van der Waals surface area contributed by atoms with Crippen LogP contribution in [0.2, 0.25) is 0 Å². The molecule has 1 amide bonds. The van der Waals surface area contributed by atoms with Crippen molar-refractivity contribution < 1.29 is 27.8 Å². The van der Waals surface area contributed by atoms with E-state index in [-0.39, 0.29) is 5.75 Å². The minimum absolute atomic E-state index is 0.0230. The zero-order chi connectivity index (χ0) is 19.1. The third-order valence-electron chi connectivity index (χ3n) is 3.30. The summed E-state index contributed by atoms with van der Waals surface area (Å²) in [4.78, 5) is 25.7. The normalized spacial score (nSPS) is 10.3. The Bertz CT molecular complexity index is 764. The van der Waals surface area contributed by atoms with Crippen LogP contribution in [-0.4, -0.2) is 39.2 Å². The highest BCUT2D eigenvalue weighted by atomic mass is 19.3. The number of benzene rings is 2. The van der Waals surface area contributed by atoms with Gasteiger partial charge in [0.2, 0.25) is 0 Å². The molecule has 2 aromatic carbocycles. The summed E-state index contributed by atoms with van der Waals surface area (Å²) < 4.78 is 33.3. The maximum atomic E-state index is 12.1. The first-order valence-corrected chi connectivity index (χ1v) is 7.64. The standard InChI is InChI=1S/C18H18F2N2O4/c1-22(2)14-5-3-4-12(10-14)17(24)25-11-16(23)21-13-6-8-15(9-7-13)26-18(19)20/h3-10,18H,11H2,1-2H3,(H,21,23). The van der Waals surface area contributed by atoms with E-state index in [9.17, 15) is 18.4 Å². The molecule has 0 aliphatic carbocycles. The van der Waals surface area contributed by atoms with E-state index >= 15 is 0 Å². The van der Waals surface area contributed by atoms with Crippen LogP contribution >= 0.6 is 0 Å². The number of hydrogen-bond donors (Lipinski definition) is 1. The molecule has 0 aliphatic heterocycles. The van der Waals surface area contributed by atoms with Gasteiger partial charge in [-0.15, -0.1) is 0 Å². The summed E-state index contributed by atoms with van der Waals surface area (Å²) in [5, 5.41) is 2.49. The van der Waals surface area contributed by atoms with Crippen LogP contribution in [0.3, 0.4) is 0 Å². The van der Waals surface area contributed by atoms with Crippen molar-refractivity contribution in [2.24, 2.45) is 0 Å². The number of halogens is 2. The van der Waals surface area contributed by atoms with Crippen LogP contribution in [0.1, 0.15) is 10.4 Å². The average Bonchev–Trinajstić information content (AvgIpc) is 2.61. The maximum Gasteiger partial charge on any atom is 0.387 e. The molecule has 0 saturated carbocycles. The Morgan fingerprint density at radius 2 is 1.81 bits per heavy atom. The first-order chi connectivity index (χ1) is 12.3. The zero-order valence-corrected chi connectivity index (χ0v) is 14.2. The van der Waals surface area contributed by atoms with E-state index in [0.29, 0.717) is 11.3 Å². The van der Waals surface area contributed by atoms with Gasteiger partial charge in [0.1, 0.15) is 5.75 Å². The van der Waals surface area contributed by atoms with E-state index in [4.69, 9.17) is 4.74 Å². The molecule has 0 heterocycles. The second kappa shape index (κ2) is 8.80. The minimum atomic E-state index is -2.92. The summed E-state index contributed by atoms with van der Waals surface area (Å²) in [6.45, 7) is -3.39. The molecule has 0 saturated heterocycles. The summed E-state index contributed by atoms with van der Waals surface area (Å²) in [6.07, 6.45) is 0. The molecule has 2 aromatic rings. The van der Waals surface area contributed by atoms with Crippen molar-refractivity contribution in [2.75, 3.05) is 30.9 Å². The predicted octanol–water partition coefficient (Wildman–Crippen LogP) is 3.15. The lowest BCUT2D eigenvalue weighted by molar-refractivity contribution is -0.119. The summed E-state index contributed by atoms with van der Waals surface area (Å²) in [5.74, 6) is -1.20. The molecular formula is C18H18F2N2O4. The van der Waals surface area contributed by atoms with Crippen molar-refractivity contribution in [1.29, 1.82) is 0 Å². The number of nitrogens with zero attached hydrogens (tertiary/aromatic N) is 1. The Balaban J connectivity index is 1.86. The highest BCUT2D eigenvalue weighted by molar-refractivity contribution is 5.95. The van der Waals surface area contributed by atoms with Gasteiger partial charge in [-0.3, -0.25) is 4.79 Å². The van der Waals surface area contributed by atoms with E-state index in [2.05, 4.69) is 10.1 Å². The number of esters is 1. The van der Waals surface area contributed by atoms with Gasteiger partial charge in [-0.05, 0) is 42.5 Å². The molecule has 0 aliphatic rings. The van der Waals surface area contributed by atoms with E-state index in [0.717, 1.165) is 5.69 Å². The van der Waals surface area contributed by atoms with Crippen molar-refractivity contribution in [3.05, 3.63) is 54.1 Å². The van der Waals surface area contributed by atoms with Gasteiger partial charge in [0.15, 0.2) is 6.61 Å². The van der Waals surface area contributed by atoms with Crippen LogP contribution in [0, 0.1) is 0 Å². The molecule has 0 atom stereocenters. The Kier molecular flexibility index (Phi) is 6.48. The van der Waals surface area contributed by atoms with Crippen LogP contribution in [0.25, 0.3) is 0 Å². The molecule has 0 aromatic heterocycles. The number of carbonyl (C=O) groups excluding carboxylic acids is 2. The summed E-state index contributed by atoms with van der Waals surface area (Å²) >= 11 is 0. The van der Waals surface area contributed by atoms with Crippen LogP contribution < -0.4 is 15.0 Å². The fourth-order valence-corrected chi connectivity index (χ4v) is 2.04. The van der Waals surface area contributed by atoms with E-state index in [1.165, 1.54) is 24.3 Å². The van der Waals surface area contributed by atoms with Gasteiger partial charge in [0.25, 0.3) is 5.91 Å². The van der Waals surface area contributed by atoms with Crippen LogP contribution in [-0.2, 0) is 9.53 Å². The van der Waals surface area contributed by atoms with Gasteiger partial charge >= 0.3 is 12.6 Å². The van der Waals surface area contributed by atoms with Crippen LogP contribution in [0.15, 0.2) is 48.5 Å². The second-order valence-electron chi connectivity index (χ2n) is 5.47. The Morgan fingerprint density at radius 3 is 2.42 bits per heavy atom. The van der Waals surface area contributed by atoms with Gasteiger partial charge in [-0.25, -0.2) is 4.79 Å². The highest BCUT2D eigenvalue weighted by Gasteiger charge is 2.12. The van der Waals surface area contributed by atoms with Gasteiger partial charge in [0.05, 0.1) is 5.56 Å². The number of anilines is 2. The van der Waals surface area contributed by atoms with Gasteiger partial charge in [0, 0.05) is 25.5 Å². The molecule has 0 spiro atoms. The third-order valence-corrected chi connectivity index (χ3v) is 3.30. The lowest BCUT2D eigenvalue weighted by Crippen LogP contribution is -2.21. The van der Waals surface area contributed by atoms with Crippen molar-refractivity contribution >= 4 is 23.3 Å². The third kappa shape index (κ3) is 5.73. The van der Waals surface area contributed by atoms with Crippen molar-refractivity contribution in [1.82, 2.24) is 0 Å². The Hall–Kier alpha value is -3.16. The fraction of sp³-hybridized carbons (Fsp3) is 0.222. The Morgan fingerprint density at radius 1 is 1.12 bits per heavy atom. The summed E-state index contributed by atoms with van der Waals surface area (Å²) in [5.41, 5.74) is 1.52. The first kappa shape index (κ1) is 19.2. The molecule has 0 fully saturated rings. The lowest BCUT2D eigenvalue weighted by Gasteiger charge is -2.13. The van der Waals surface area contributed by atoms with Crippen molar-refractivity contribution in [3.63, 3.8) is 0 Å². The molecule has 6 nitrogen and oxygen atoms in total. The molecule has 26 heavy (non-hydrogen) atoms. The number of nitrogens with one attached hydrogen (secondary N) is 1. The molecule has 1 N–H and O–H groups in total. The lowest BCUT2D eigenvalue weighted by atomic mass is 10.2. The smallest absolute Gasteiger partial charge is 0.387 e. The summed E-state index contributed by atoms with van der Waals surface area (Å²) in [6, 6.07) is 12.2. The molecule has 138 valence electrons. The molecular weight excluding hydrogens is 346 g/mol. The van der Waals surface area contributed by atoms with E-state index in [1.807, 2.05) is 25.1 Å². The second-order valence-corrected chi connectivity index (χ2v) is 5.47. The monoisotopic (exact) mass is 364 g/mol. The van der Waals surface area contributed by atoms with Gasteiger partial charge in [-0.1, -0.05) is 6.07 Å². The first-order valence-electron chi connectivity index (χ1n) is 7.64. The number of amides is 1. The number of ether oxygens (including phenoxy) is 2. The van der Waals surface area contributed by atoms with Crippen LogP contribution in [0.5, 0.6) is 5.75 Å². The van der Waals surface area contributed by atoms with Crippen LogP contribution in [0.4, 0.5) is 20.2 Å². The van der Waals surface area contributed by atoms with Gasteiger partial charge < -0.3 is 19.7 Å². The summed E-state index contributed by atoms with van der Waals surface area (Å²) in [7, 11) is 3.69. The molecule has 8 heteroatoms. The van der Waals surface area contributed by atoms with E-state index in [1.54, 1.807) is 18.2 Å². The molecule has 0 unspecified atom stereocenters.